The summed E-state index contributed by atoms with van der Waals surface area (Å²) in [4.78, 5) is 13.3. The van der Waals surface area contributed by atoms with E-state index >= 15 is 0 Å². The monoisotopic (exact) mass is 412 g/mol. The third-order valence-electron chi connectivity index (χ3n) is 10.2. The largest absolute Gasteiger partial charge is 0.390 e. The highest BCUT2D eigenvalue weighted by Crippen LogP contribution is 2.67. The Balaban J connectivity index is 1.33. The van der Waals surface area contributed by atoms with Crippen LogP contribution in [0, 0.1) is 47.3 Å². The van der Waals surface area contributed by atoms with Crippen molar-refractivity contribution in [1.82, 2.24) is 9.78 Å². The molecule has 5 rings (SSSR count). The lowest BCUT2D eigenvalue weighted by Gasteiger charge is -2.60. The normalized spacial score (nSPS) is 48.0. The van der Waals surface area contributed by atoms with Crippen LogP contribution < -0.4 is 0 Å². The molecular weight excluding hydrogens is 372 g/mol. The number of aliphatic hydroxyl groups is 1. The van der Waals surface area contributed by atoms with Gasteiger partial charge in [-0.1, -0.05) is 13.8 Å². The molecule has 1 aromatic heterocycles. The Labute approximate surface area is 181 Å². The zero-order valence-corrected chi connectivity index (χ0v) is 19.4. The summed E-state index contributed by atoms with van der Waals surface area (Å²) in [5, 5.41) is 15.1. The average Bonchev–Trinajstić information content (AvgIpc) is 3.22. The molecule has 1 N–H and O–H groups in total. The van der Waals surface area contributed by atoms with Crippen molar-refractivity contribution in [2.24, 2.45) is 40.4 Å². The minimum absolute atomic E-state index is 0.175. The van der Waals surface area contributed by atoms with Crippen LogP contribution in [-0.2, 0) is 11.3 Å². The van der Waals surface area contributed by atoms with Crippen LogP contribution in [0.3, 0.4) is 0 Å². The summed E-state index contributed by atoms with van der Waals surface area (Å²) in [5.41, 5.74) is 1.13. The first kappa shape index (κ1) is 20.7. The first-order valence-corrected chi connectivity index (χ1v) is 12.4. The van der Waals surface area contributed by atoms with E-state index in [2.05, 4.69) is 18.9 Å². The van der Waals surface area contributed by atoms with Crippen molar-refractivity contribution in [2.75, 3.05) is 0 Å². The molecule has 30 heavy (non-hydrogen) atoms. The molecule has 0 aliphatic heterocycles. The third kappa shape index (κ3) is 3.20. The number of hydrogen-bond acceptors (Lipinski definition) is 3. The van der Waals surface area contributed by atoms with Crippen LogP contribution in [0.4, 0.5) is 0 Å². The fourth-order valence-corrected chi connectivity index (χ4v) is 8.99. The van der Waals surface area contributed by atoms with E-state index in [1.54, 1.807) is 0 Å². The lowest BCUT2D eigenvalue weighted by Crippen LogP contribution is -2.54. The fourth-order valence-electron chi connectivity index (χ4n) is 8.99. The summed E-state index contributed by atoms with van der Waals surface area (Å²) in [6.07, 6.45) is 14.3. The van der Waals surface area contributed by atoms with Gasteiger partial charge >= 0.3 is 0 Å². The lowest BCUT2D eigenvalue weighted by molar-refractivity contribution is -0.145. The van der Waals surface area contributed by atoms with Crippen molar-refractivity contribution in [3.63, 3.8) is 0 Å². The van der Waals surface area contributed by atoms with Crippen LogP contribution in [0.5, 0.6) is 0 Å². The van der Waals surface area contributed by atoms with Gasteiger partial charge in [-0.3, -0.25) is 9.48 Å². The quantitative estimate of drug-likeness (QED) is 0.745. The van der Waals surface area contributed by atoms with Crippen LogP contribution in [0.2, 0.25) is 0 Å². The molecule has 0 spiro atoms. The molecule has 0 saturated heterocycles. The maximum Gasteiger partial charge on any atom is 0.157 e. The Kier molecular flexibility index (Phi) is 4.78. The zero-order chi connectivity index (χ0) is 21.3. The van der Waals surface area contributed by atoms with E-state index in [-0.39, 0.29) is 11.3 Å². The van der Waals surface area contributed by atoms with Gasteiger partial charge in [0.05, 0.1) is 18.3 Å². The van der Waals surface area contributed by atoms with Crippen LogP contribution in [0.25, 0.3) is 0 Å². The molecular formula is C26H40N2O2. The average molecular weight is 413 g/mol. The van der Waals surface area contributed by atoms with E-state index in [9.17, 15) is 9.90 Å². The fraction of sp³-hybridized carbons (Fsp3) is 0.846. The molecule has 1 aromatic rings. The molecule has 4 heteroatoms. The standard InChI is InChI=1S/C26H40N2O2/c1-17-13-27-28(14-17)15-23(29)22-6-5-21-19-7-10-24(2)16-25(3,30)11-9-20(24)18(19)8-12-26(21,22)4/h13-14,18-22,30H,5-12,15-16H2,1-4H3/t18-,19?,20?,21-,22?,24?,25+,26?/m0/s1. The summed E-state index contributed by atoms with van der Waals surface area (Å²) in [5.74, 6) is 3.67. The number of carbonyl (C=O) groups is 1. The first-order chi connectivity index (χ1) is 14.1. The predicted molar refractivity (Wildman–Crippen MR) is 118 cm³/mol. The highest BCUT2D eigenvalue weighted by Gasteiger charge is 2.60. The molecule has 4 aliphatic carbocycles. The maximum absolute atomic E-state index is 13.3. The number of aryl methyl sites for hydroxylation is 1. The Morgan fingerprint density at radius 1 is 1.07 bits per heavy atom. The number of carbonyl (C=O) groups excluding carboxylic acids is 1. The topological polar surface area (TPSA) is 55.1 Å². The van der Waals surface area contributed by atoms with E-state index in [0.717, 1.165) is 42.6 Å². The molecule has 166 valence electrons. The van der Waals surface area contributed by atoms with Gasteiger partial charge in [0.25, 0.3) is 0 Å². The van der Waals surface area contributed by atoms with Crippen molar-refractivity contribution in [3.8, 4) is 0 Å². The number of ketones is 1. The number of aromatic nitrogens is 2. The highest BCUT2D eigenvalue weighted by atomic mass is 16.3. The first-order valence-electron chi connectivity index (χ1n) is 12.4. The molecule has 4 aliphatic rings. The third-order valence-corrected chi connectivity index (χ3v) is 10.2. The Morgan fingerprint density at radius 2 is 1.80 bits per heavy atom. The second-order valence-corrected chi connectivity index (χ2v) is 12.3. The van der Waals surface area contributed by atoms with Gasteiger partial charge in [0.15, 0.2) is 5.78 Å². The molecule has 1 heterocycles. The van der Waals surface area contributed by atoms with Gasteiger partial charge in [0.1, 0.15) is 0 Å². The lowest BCUT2D eigenvalue weighted by atomic mass is 9.45. The van der Waals surface area contributed by atoms with E-state index < -0.39 is 5.60 Å². The van der Waals surface area contributed by atoms with E-state index in [1.807, 2.05) is 30.9 Å². The molecule has 0 amide bonds. The number of hydrogen-bond donors (Lipinski definition) is 1. The summed E-state index contributed by atoms with van der Waals surface area (Å²) >= 11 is 0. The van der Waals surface area contributed by atoms with Crippen LogP contribution >= 0.6 is 0 Å². The molecule has 0 radical (unpaired) electrons. The summed E-state index contributed by atoms with van der Waals surface area (Å²) in [7, 11) is 0. The van der Waals surface area contributed by atoms with Crippen LogP contribution in [0.1, 0.15) is 84.1 Å². The summed E-state index contributed by atoms with van der Waals surface area (Å²) < 4.78 is 1.83. The van der Waals surface area contributed by atoms with E-state index in [4.69, 9.17) is 0 Å². The van der Waals surface area contributed by atoms with Crippen LogP contribution in [-0.4, -0.2) is 26.3 Å². The molecule has 4 fully saturated rings. The van der Waals surface area contributed by atoms with Gasteiger partial charge in [0.2, 0.25) is 0 Å². The minimum Gasteiger partial charge on any atom is -0.390 e. The minimum atomic E-state index is -0.475. The van der Waals surface area contributed by atoms with Crippen LogP contribution in [0.15, 0.2) is 12.4 Å². The SMILES string of the molecule is Cc1cnn(CC(=O)C2CC[C@H]3C4CCC5(C)C[C@](C)(O)CCC5[C@H]4CCC23C)c1. The Morgan fingerprint density at radius 3 is 2.53 bits per heavy atom. The number of Topliss-reactive ketones (excluding diaryl/α,β-unsaturated/α-hetero) is 1. The maximum atomic E-state index is 13.3. The number of nitrogens with zero attached hydrogens (tertiary/aromatic N) is 2. The van der Waals surface area contributed by atoms with E-state index in [1.165, 1.54) is 38.5 Å². The summed E-state index contributed by atoms with van der Waals surface area (Å²) in [6.45, 7) is 9.42. The second-order valence-electron chi connectivity index (χ2n) is 12.3. The molecule has 5 unspecified atom stereocenters. The van der Waals surface area contributed by atoms with Gasteiger partial charge < -0.3 is 5.11 Å². The van der Waals surface area contributed by atoms with Gasteiger partial charge in [0, 0.05) is 12.1 Å². The van der Waals surface area contributed by atoms with Crippen molar-refractivity contribution in [2.45, 2.75) is 97.6 Å². The zero-order valence-electron chi connectivity index (χ0n) is 19.4. The molecule has 0 bridgehead atoms. The predicted octanol–water partition coefficient (Wildman–Crippen LogP) is 5.17. The van der Waals surface area contributed by atoms with Gasteiger partial charge in [-0.2, -0.15) is 5.10 Å². The molecule has 4 saturated carbocycles. The number of rotatable bonds is 3. The molecule has 0 aromatic carbocycles. The van der Waals surface area contributed by atoms with Crippen molar-refractivity contribution >= 4 is 5.78 Å². The Hall–Kier alpha value is -1.16. The molecule has 4 nitrogen and oxygen atoms in total. The second kappa shape index (κ2) is 6.92. The number of fused-ring (bicyclic) bond motifs is 5. The van der Waals surface area contributed by atoms with Gasteiger partial charge in [-0.25, -0.2) is 0 Å². The van der Waals surface area contributed by atoms with E-state index in [0.29, 0.717) is 23.7 Å². The van der Waals surface area contributed by atoms with Crippen molar-refractivity contribution in [1.29, 1.82) is 0 Å². The van der Waals surface area contributed by atoms with Crippen molar-refractivity contribution in [3.05, 3.63) is 18.0 Å². The van der Waals surface area contributed by atoms with Crippen molar-refractivity contribution < 1.29 is 9.90 Å². The summed E-state index contributed by atoms with van der Waals surface area (Å²) in [6, 6.07) is 0. The highest BCUT2D eigenvalue weighted by molar-refractivity contribution is 5.82. The molecule has 8 atom stereocenters. The van der Waals surface area contributed by atoms with Gasteiger partial charge in [-0.05, 0) is 112 Å². The van der Waals surface area contributed by atoms with Gasteiger partial charge in [-0.15, -0.1) is 0 Å². The smallest absolute Gasteiger partial charge is 0.157 e. The Bertz CT molecular complexity index is 829.